The van der Waals surface area contributed by atoms with Gasteiger partial charge in [0.25, 0.3) is 5.69 Å². The molecule has 184 valence electrons. The molecule has 0 unspecified atom stereocenters. The molecular formula is C28H20N2O7. The van der Waals surface area contributed by atoms with Gasteiger partial charge in [-0.25, -0.2) is 4.90 Å². The van der Waals surface area contributed by atoms with Crippen LogP contribution in [0.1, 0.15) is 43.5 Å². The monoisotopic (exact) mass is 496 g/mol. The first-order chi connectivity index (χ1) is 17.7. The summed E-state index contributed by atoms with van der Waals surface area (Å²) in [5.41, 5.74) is -0.00671. The second-order valence-electron chi connectivity index (χ2n) is 9.63. The van der Waals surface area contributed by atoms with Crippen LogP contribution in [-0.2, 0) is 14.3 Å². The Hall–Kier alpha value is -4.50. The van der Waals surface area contributed by atoms with E-state index >= 15 is 0 Å². The molecule has 9 nitrogen and oxygen atoms in total. The van der Waals surface area contributed by atoms with Crippen LogP contribution in [0.2, 0.25) is 0 Å². The summed E-state index contributed by atoms with van der Waals surface area (Å²) in [6.45, 7) is 3.45. The summed E-state index contributed by atoms with van der Waals surface area (Å²) in [5, 5.41) is 11.2. The molecule has 2 amide bonds. The van der Waals surface area contributed by atoms with Crippen LogP contribution in [0, 0.1) is 35.8 Å². The maximum Gasteiger partial charge on any atom is 0.269 e. The van der Waals surface area contributed by atoms with Gasteiger partial charge in [-0.05, 0) is 31.0 Å². The van der Waals surface area contributed by atoms with Crippen LogP contribution in [0.15, 0.2) is 66.7 Å². The molecule has 0 N–H and O–H groups in total. The SMILES string of the molecule is Cc1ccc([C@H]2OC3(C(=O)c4ccccc4C3=O)[C@@H]3C(=O)N(c4ccc([N+](=O)[O-])cc4C)C(=O)[C@@H]23)cc1. The van der Waals surface area contributed by atoms with Crippen molar-refractivity contribution in [1.29, 1.82) is 0 Å². The van der Waals surface area contributed by atoms with Crippen LogP contribution >= 0.6 is 0 Å². The van der Waals surface area contributed by atoms with Gasteiger partial charge in [0.05, 0.1) is 28.6 Å². The summed E-state index contributed by atoms with van der Waals surface area (Å²) >= 11 is 0. The molecule has 37 heavy (non-hydrogen) atoms. The zero-order valence-electron chi connectivity index (χ0n) is 19.8. The fourth-order valence-corrected chi connectivity index (χ4v) is 5.82. The average molecular weight is 496 g/mol. The number of carbonyl (C=O) groups is 4. The molecule has 2 aliphatic heterocycles. The van der Waals surface area contributed by atoms with E-state index in [0.29, 0.717) is 11.1 Å². The second kappa shape index (κ2) is 7.75. The Morgan fingerprint density at radius 3 is 2.05 bits per heavy atom. The van der Waals surface area contributed by atoms with Gasteiger partial charge in [0, 0.05) is 23.3 Å². The number of anilines is 1. The van der Waals surface area contributed by atoms with E-state index in [9.17, 15) is 29.3 Å². The molecule has 3 aromatic carbocycles. The molecule has 0 bridgehead atoms. The number of fused-ring (bicyclic) bond motifs is 3. The number of ketones is 2. The van der Waals surface area contributed by atoms with E-state index in [1.54, 1.807) is 31.2 Å². The third-order valence-corrected chi connectivity index (χ3v) is 7.56. The minimum Gasteiger partial charge on any atom is -0.349 e. The minimum atomic E-state index is -2.17. The van der Waals surface area contributed by atoms with E-state index in [2.05, 4.69) is 0 Å². The van der Waals surface area contributed by atoms with Crippen LogP contribution in [0.3, 0.4) is 0 Å². The van der Waals surface area contributed by atoms with Gasteiger partial charge in [0.2, 0.25) is 29.0 Å². The first kappa shape index (κ1) is 22.9. The van der Waals surface area contributed by atoms with Crippen LogP contribution in [0.5, 0.6) is 0 Å². The number of hydrogen-bond donors (Lipinski definition) is 0. The number of hydrogen-bond acceptors (Lipinski definition) is 7. The quantitative estimate of drug-likeness (QED) is 0.233. The summed E-state index contributed by atoms with van der Waals surface area (Å²) in [7, 11) is 0. The molecule has 2 heterocycles. The zero-order chi connectivity index (χ0) is 26.2. The third-order valence-electron chi connectivity index (χ3n) is 7.56. The van der Waals surface area contributed by atoms with Crippen molar-refractivity contribution in [3.8, 4) is 0 Å². The Labute approximate surface area is 210 Å². The lowest BCUT2D eigenvalue weighted by Gasteiger charge is -2.27. The number of carbonyl (C=O) groups excluding carboxylic acids is 4. The molecule has 0 aromatic heterocycles. The van der Waals surface area contributed by atoms with Crippen molar-refractivity contribution >= 4 is 34.8 Å². The molecular weight excluding hydrogens is 476 g/mol. The van der Waals surface area contributed by atoms with Gasteiger partial charge in [-0.3, -0.25) is 29.3 Å². The van der Waals surface area contributed by atoms with Gasteiger partial charge in [-0.15, -0.1) is 0 Å². The topological polar surface area (TPSA) is 124 Å². The molecule has 6 rings (SSSR count). The molecule has 3 aromatic rings. The van der Waals surface area contributed by atoms with Gasteiger partial charge in [0.1, 0.15) is 0 Å². The van der Waals surface area contributed by atoms with Gasteiger partial charge >= 0.3 is 0 Å². The molecule has 2 fully saturated rings. The van der Waals surface area contributed by atoms with Gasteiger partial charge in [0.15, 0.2) is 0 Å². The molecule has 1 aliphatic carbocycles. The highest BCUT2D eigenvalue weighted by Gasteiger charge is 2.74. The smallest absolute Gasteiger partial charge is 0.269 e. The highest BCUT2D eigenvalue weighted by molar-refractivity contribution is 6.37. The van der Waals surface area contributed by atoms with Crippen molar-refractivity contribution in [2.24, 2.45) is 11.8 Å². The van der Waals surface area contributed by atoms with Gasteiger partial charge in [-0.2, -0.15) is 0 Å². The maximum atomic E-state index is 14.0. The summed E-state index contributed by atoms with van der Waals surface area (Å²) in [6.07, 6.45) is -1.02. The van der Waals surface area contributed by atoms with E-state index < -0.39 is 51.8 Å². The van der Waals surface area contributed by atoms with Crippen LogP contribution in [0.4, 0.5) is 11.4 Å². The highest BCUT2D eigenvalue weighted by atomic mass is 16.6. The van der Waals surface area contributed by atoms with E-state index in [-0.39, 0.29) is 22.5 Å². The standard InChI is InChI=1S/C28H20N2O7/c1-14-7-9-16(10-8-14)23-21-22(28(37-23)24(31)18-5-3-4-6-19(18)25(28)32)27(34)29(26(21)33)20-12-11-17(30(35)36)13-15(20)2/h3-13,21-23H,1-2H3/t21-,22+,23-/m1/s1. The molecule has 3 aliphatic rings. The molecule has 0 saturated carbocycles. The fourth-order valence-electron chi connectivity index (χ4n) is 5.82. The molecule has 0 radical (unpaired) electrons. The predicted molar refractivity (Wildman–Crippen MR) is 130 cm³/mol. The molecule has 2 saturated heterocycles. The Morgan fingerprint density at radius 1 is 0.865 bits per heavy atom. The van der Waals surface area contributed by atoms with Crippen LogP contribution in [0.25, 0.3) is 0 Å². The minimum absolute atomic E-state index is 0.154. The van der Waals surface area contributed by atoms with Crippen LogP contribution in [-0.4, -0.2) is 33.9 Å². The summed E-state index contributed by atoms with van der Waals surface area (Å²) in [4.78, 5) is 67.1. The lowest BCUT2D eigenvalue weighted by atomic mass is 9.77. The summed E-state index contributed by atoms with van der Waals surface area (Å²) in [5.74, 6) is -5.15. The third kappa shape index (κ3) is 2.94. The Balaban J connectivity index is 1.53. The maximum absolute atomic E-state index is 14.0. The first-order valence-electron chi connectivity index (χ1n) is 11.7. The number of non-ortho nitro benzene ring substituents is 1. The number of amides is 2. The molecule has 1 spiro atoms. The normalized spacial score (nSPS) is 23.6. The Bertz CT molecular complexity index is 1520. The van der Waals surface area contributed by atoms with Gasteiger partial charge < -0.3 is 4.74 Å². The lowest BCUT2D eigenvalue weighted by molar-refractivity contribution is -0.384. The highest BCUT2D eigenvalue weighted by Crippen LogP contribution is 2.57. The zero-order valence-corrected chi connectivity index (χ0v) is 19.8. The molecule has 9 heteroatoms. The van der Waals surface area contributed by atoms with Crippen molar-refractivity contribution in [2.75, 3.05) is 4.90 Å². The number of nitrogens with zero attached hydrogens (tertiary/aromatic N) is 2. The number of Topliss-reactive ketones (excluding diaryl/α,β-unsaturated/α-hetero) is 2. The van der Waals surface area contributed by atoms with E-state index in [1.165, 1.54) is 30.3 Å². The number of nitro benzene ring substituents is 1. The number of nitro groups is 1. The van der Waals surface area contributed by atoms with Crippen LogP contribution < -0.4 is 4.90 Å². The second-order valence-corrected chi connectivity index (χ2v) is 9.63. The number of benzene rings is 3. The molecule has 3 atom stereocenters. The summed E-state index contributed by atoms with van der Waals surface area (Å²) < 4.78 is 6.26. The van der Waals surface area contributed by atoms with E-state index in [1.807, 2.05) is 19.1 Å². The predicted octanol–water partition coefficient (Wildman–Crippen LogP) is 3.91. The van der Waals surface area contributed by atoms with E-state index in [0.717, 1.165) is 10.5 Å². The van der Waals surface area contributed by atoms with Crippen molar-refractivity contribution in [3.63, 3.8) is 0 Å². The number of imide groups is 1. The van der Waals surface area contributed by atoms with Crippen molar-refractivity contribution < 1.29 is 28.8 Å². The average Bonchev–Trinajstić information content (AvgIpc) is 3.45. The number of rotatable bonds is 3. The number of ether oxygens (including phenoxy) is 1. The Kier molecular flexibility index (Phi) is 4.80. The number of aryl methyl sites for hydroxylation is 2. The van der Waals surface area contributed by atoms with Gasteiger partial charge in [-0.1, -0.05) is 54.1 Å². The van der Waals surface area contributed by atoms with Crippen molar-refractivity contribution in [1.82, 2.24) is 0 Å². The lowest BCUT2D eigenvalue weighted by Crippen LogP contribution is -2.51. The first-order valence-corrected chi connectivity index (χ1v) is 11.7. The van der Waals surface area contributed by atoms with E-state index in [4.69, 9.17) is 4.74 Å². The summed E-state index contributed by atoms with van der Waals surface area (Å²) in [6, 6.07) is 17.3. The van der Waals surface area contributed by atoms with Crippen molar-refractivity contribution in [3.05, 3.63) is 105 Å². The largest absolute Gasteiger partial charge is 0.349 e. The van der Waals surface area contributed by atoms with Crippen molar-refractivity contribution in [2.45, 2.75) is 25.6 Å². The fraction of sp³-hybridized carbons (Fsp3) is 0.214. The Morgan fingerprint density at radius 2 is 1.49 bits per heavy atom.